The van der Waals surface area contributed by atoms with Crippen LogP contribution in [0.4, 0.5) is 5.69 Å². The highest BCUT2D eigenvalue weighted by molar-refractivity contribution is 7.89. The molecule has 0 aliphatic rings. The number of benzene rings is 2. The molecule has 142 valence electrons. The van der Waals surface area contributed by atoms with Gasteiger partial charge in [0.05, 0.1) is 22.6 Å². The first-order valence-electron chi connectivity index (χ1n) is 7.20. The van der Waals surface area contributed by atoms with Crippen molar-refractivity contribution in [3.8, 4) is 0 Å². The van der Waals surface area contributed by atoms with Crippen LogP contribution in [-0.4, -0.2) is 32.0 Å². The third-order valence-electron chi connectivity index (χ3n) is 3.12. The zero-order valence-electron chi connectivity index (χ0n) is 13.4. The van der Waals surface area contributed by atoms with E-state index in [0.29, 0.717) is 10.6 Å². The summed E-state index contributed by atoms with van der Waals surface area (Å²) in [4.78, 5) is 21.8. The Bertz CT molecular complexity index is 994. The number of hydrogen-bond donors (Lipinski definition) is 2. The van der Waals surface area contributed by atoms with Crippen molar-refractivity contribution in [2.75, 3.05) is 6.54 Å². The summed E-state index contributed by atoms with van der Waals surface area (Å²) in [5.74, 6) is -0.729. The van der Waals surface area contributed by atoms with Gasteiger partial charge in [-0.3, -0.25) is 14.9 Å². The third kappa shape index (κ3) is 6.00. The minimum absolute atomic E-state index is 0.0298. The Kier molecular flexibility index (Phi) is 6.86. The van der Waals surface area contributed by atoms with E-state index >= 15 is 0 Å². The van der Waals surface area contributed by atoms with Crippen LogP contribution in [0.5, 0.6) is 0 Å². The largest absolute Gasteiger partial charge is 0.288 e. The minimum atomic E-state index is -3.88. The number of halogens is 2. The molecule has 2 aromatic rings. The van der Waals surface area contributed by atoms with Crippen molar-refractivity contribution in [2.45, 2.75) is 4.90 Å². The van der Waals surface area contributed by atoms with Crippen LogP contribution in [0.3, 0.4) is 0 Å². The second kappa shape index (κ2) is 8.91. The first-order chi connectivity index (χ1) is 12.7. The topological polar surface area (TPSA) is 131 Å². The van der Waals surface area contributed by atoms with Crippen LogP contribution in [0.1, 0.15) is 5.56 Å². The summed E-state index contributed by atoms with van der Waals surface area (Å²) >= 11 is 11.4. The lowest BCUT2D eigenvalue weighted by molar-refractivity contribution is -0.384. The molecule has 0 saturated heterocycles. The molecule has 12 heteroatoms. The standard InChI is InChI=1S/C15H12Cl2N4O5S/c16-11-2-4-12(5-3-11)27(25,26)19-9-15(22)20-18-8-10-1-6-13(17)14(7-10)21(23)24/h1-8,19H,9H2,(H,20,22)/b18-8-. The van der Waals surface area contributed by atoms with Gasteiger partial charge in [0.1, 0.15) is 5.02 Å². The molecular formula is C15H12Cl2N4O5S. The summed E-state index contributed by atoms with van der Waals surface area (Å²) in [5.41, 5.74) is 2.13. The molecule has 2 aromatic carbocycles. The van der Waals surface area contributed by atoms with Crippen LogP contribution in [0.15, 0.2) is 52.5 Å². The summed E-state index contributed by atoms with van der Waals surface area (Å²) < 4.78 is 26.2. The van der Waals surface area contributed by atoms with Crippen molar-refractivity contribution in [3.05, 3.63) is 68.2 Å². The highest BCUT2D eigenvalue weighted by Crippen LogP contribution is 2.24. The van der Waals surface area contributed by atoms with Crippen LogP contribution >= 0.6 is 23.2 Å². The summed E-state index contributed by atoms with van der Waals surface area (Å²) in [6, 6.07) is 9.39. The zero-order chi connectivity index (χ0) is 20.0. The van der Waals surface area contributed by atoms with E-state index in [0.717, 1.165) is 6.21 Å². The SMILES string of the molecule is O=C(CNS(=O)(=O)c1ccc(Cl)cc1)N/N=C\c1ccc(Cl)c([N+](=O)[O-])c1. The van der Waals surface area contributed by atoms with Gasteiger partial charge in [0.25, 0.3) is 11.6 Å². The lowest BCUT2D eigenvalue weighted by Crippen LogP contribution is -2.34. The molecule has 0 unspecified atom stereocenters. The first kappa shape index (κ1) is 20.8. The number of hydrogen-bond acceptors (Lipinski definition) is 6. The molecule has 0 spiro atoms. The van der Waals surface area contributed by atoms with Crippen LogP contribution in [0, 0.1) is 10.1 Å². The lowest BCUT2D eigenvalue weighted by Gasteiger charge is -2.06. The van der Waals surface area contributed by atoms with Gasteiger partial charge in [0.15, 0.2) is 0 Å². The number of carbonyl (C=O) groups excluding carboxylic acids is 1. The monoisotopic (exact) mass is 430 g/mol. The van der Waals surface area contributed by atoms with E-state index in [1.165, 1.54) is 42.5 Å². The predicted molar refractivity (Wildman–Crippen MR) is 100 cm³/mol. The minimum Gasteiger partial charge on any atom is -0.272 e. The second-order valence-corrected chi connectivity index (χ2v) is 7.65. The molecule has 2 N–H and O–H groups in total. The van der Waals surface area contributed by atoms with Crippen LogP contribution < -0.4 is 10.1 Å². The number of nitro benzene ring substituents is 1. The fourth-order valence-electron chi connectivity index (χ4n) is 1.83. The van der Waals surface area contributed by atoms with Crippen LogP contribution in [0.25, 0.3) is 0 Å². The van der Waals surface area contributed by atoms with Gasteiger partial charge in [-0.2, -0.15) is 5.10 Å². The maximum absolute atomic E-state index is 12.0. The van der Waals surface area contributed by atoms with E-state index in [4.69, 9.17) is 23.2 Å². The molecule has 0 heterocycles. The van der Waals surface area contributed by atoms with Crippen molar-refractivity contribution in [2.24, 2.45) is 5.10 Å². The fourth-order valence-corrected chi connectivity index (χ4v) is 3.12. The van der Waals surface area contributed by atoms with Crippen molar-refractivity contribution in [3.63, 3.8) is 0 Å². The molecule has 9 nitrogen and oxygen atoms in total. The molecule has 0 atom stereocenters. The van der Waals surface area contributed by atoms with Crippen molar-refractivity contribution in [1.82, 2.24) is 10.1 Å². The molecule has 0 fully saturated rings. The maximum Gasteiger partial charge on any atom is 0.288 e. The van der Waals surface area contributed by atoms with E-state index in [1.807, 2.05) is 0 Å². The van der Waals surface area contributed by atoms with Gasteiger partial charge in [0.2, 0.25) is 10.0 Å². The van der Waals surface area contributed by atoms with E-state index in [1.54, 1.807) is 0 Å². The molecular weight excluding hydrogens is 419 g/mol. The number of amides is 1. The highest BCUT2D eigenvalue weighted by atomic mass is 35.5. The van der Waals surface area contributed by atoms with E-state index in [-0.39, 0.29) is 15.6 Å². The maximum atomic E-state index is 12.0. The molecule has 2 rings (SSSR count). The first-order valence-corrected chi connectivity index (χ1v) is 9.44. The van der Waals surface area contributed by atoms with Gasteiger partial charge >= 0.3 is 0 Å². The average molecular weight is 431 g/mol. The van der Waals surface area contributed by atoms with Gasteiger partial charge in [-0.05, 0) is 30.3 Å². The van der Waals surface area contributed by atoms with Gasteiger partial charge in [0, 0.05) is 16.7 Å². The molecule has 27 heavy (non-hydrogen) atoms. The number of nitrogens with zero attached hydrogens (tertiary/aromatic N) is 2. The normalized spacial score (nSPS) is 11.5. The van der Waals surface area contributed by atoms with Crippen molar-refractivity contribution < 1.29 is 18.1 Å². The van der Waals surface area contributed by atoms with Crippen LogP contribution in [-0.2, 0) is 14.8 Å². The third-order valence-corrected chi connectivity index (χ3v) is 5.11. The molecule has 0 radical (unpaired) electrons. The second-order valence-electron chi connectivity index (χ2n) is 5.04. The molecule has 0 aliphatic carbocycles. The molecule has 0 aliphatic heterocycles. The Labute approximate surface area is 164 Å². The quantitative estimate of drug-likeness (QED) is 0.395. The Morgan fingerprint density at radius 3 is 2.48 bits per heavy atom. The van der Waals surface area contributed by atoms with Crippen molar-refractivity contribution in [1.29, 1.82) is 0 Å². The number of nitro groups is 1. The van der Waals surface area contributed by atoms with E-state index in [2.05, 4.69) is 15.2 Å². The Hall–Kier alpha value is -2.53. The lowest BCUT2D eigenvalue weighted by atomic mass is 10.2. The number of nitrogens with one attached hydrogen (secondary N) is 2. The smallest absolute Gasteiger partial charge is 0.272 e. The summed E-state index contributed by atoms with van der Waals surface area (Å²) in [5, 5.41) is 14.8. The summed E-state index contributed by atoms with van der Waals surface area (Å²) in [6.45, 7) is -0.553. The Balaban J connectivity index is 1.92. The summed E-state index contributed by atoms with van der Waals surface area (Å²) in [6.07, 6.45) is 1.16. The molecule has 1 amide bonds. The Morgan fingerprint density at radius 1 is 1.19 bits per heavy atom. The van der Waals surface area contributed by atoms with Crippen molar-refractivity contribution >= 4 is 51.0 Å². The zero-order valence-corrected chi connectivity index (χ0v) is 15.8. The average Bonchev–Trinajstić information content (AvgIpc) is 2.61. The molecule has 0 saturated carbocycles. The summed E-state index contributed by atoms with van der Waals surface area (Å²) in [7, 11) is -3.88. The molecule has 0 aromatic heterocycles. The number of sulfonamides is 1. The van der Waals surface area contributed by atoms with Gasteiger partial charge in [-0.25, -0.2) is 18.6 Å². The number of hydrazone groups is 1. The van der Waals surface area contributed by atoms with Gasteiger partial charge in [-0.1, -0.05) is 29.3 Å². The van der Waals surface area contributed by atoms with Gasteiger partial charge in [-0.15, -0.1) is 0 Å². The predicted octanol–water partition coefficient (Wildman–Crippen LogP) is 2.33. The van der Waals surface area contributed by atoms with E-state index < -0.39 is 27.4 Å². The fraction of sp³-hybridized carbons (Fsp3) is 0.0667. The number of rotatable bonds is 7. The molecule has 0 bridgehead atoms. The number of carbonyl (C=O) groups is 1. The Morgan fingerprint density at radius 2 is 1.85 bits per heavy atom. The van der Waals surface area contributed by atoms with E-state index in [9.17, 15) is 23.3 Å². The highest BCUT2D eigenvalue weighted by Gasteiger charge is 2.15. The van der Waals surface area contributed by atoms with Gasteiger partial charge < -0.3 is 0 Å². The van der Waals surface area contributed by atoms with Crippen LogP contribution in [0.2, 0.25) is 10.0 Å².